The van der Waals surface area contributed by atoms with Crippen LogP contribution < -0.4 is 10.6 Å². The van der Waals surface area contributed by atoms with Crippen LogP contribution in [-0.2, 0) is 6.42 Å². The van der Waals surface area contributed by atoms with Crippen molar-refractivity contribution in [3.05, 3.63) is 35.4 Å². The third-order valence-electron chi connectivity index (χ3n) is 5.44. The van der Waals surface area contributed by atoms with Crippen LogP contribution in [0.2, 0.25) is 0 Å². The maximum absolute atomic E-state index is 12.1. The highest BCUT2D eigenvalue weighted by Gasteiger charge is 2.31. The number of carbonyl (C=O) groups is 1. The molecule has 1 aromatic carbocycles. The van der Waals surface area contributed by atoms with E-state index in [1.807, 2.05) is 25.2 Å². The molecular weight excluding hydrogens is 338 g/mol. The van der Waals surface area contributed by atoms with Crippen LogP contribution in [0.4, 0.5) is 0 Å². The predicted octanol–water partition coefficient (Wildman–Crippen LogP) is 1.72. The van der Waals surface area contributed by atoms with Crippen molar-refractivity contribution in [2.24, 2.45) is 4.99 Å². The fourth-order valence-electron chi connectivity index (χ4n) is 3.68. The summed E-state index contributed by atoms with van der Waals surface area (Å²) in [7, 11) is 5.38. The normalized spacial score (nSPS) is 19.0. The van der Waals surface area contributed by atoms with Gasteiger partial charge in [-0.15, -0.1) is 0 Å². The summed E-state index contributed by atoms with van der Waals surface area (Å²) >= 11 is 0. The fraction of sp³-hybridized carbons (Fsp3) is 0.619. The highest BCUT2D eigenvalue weighted by atomic mass is 16.2. The number of guanidine groups is 1. The van der Waals surface area contributed by atoms with E-state index in [1.165, 1.54) is 38.8 Å². The van der Waals surface area contributed by atoms with E-state index in [1.54, 1.807) is 19.0 Å². The Hall–Kier alpha value is -2.08. The first-order valence-electron chi connectivity index (χ1n) is 10.1. The Bertz CT molecular complexity index is 660. The zero-order valence-corrected chi connectivity index (χ0v) is 16.9. The number of nitrogens with zero attached hydrogens (tertiary/aromatic N) is 3. The molecule has 2 fully saturated rings. The van der Waals surface area contributed by atoms with E-state index in [2.05, 4.69) is 26.6 Å². The molecule has 0 unspecified atom stereocenters. The lowest BCUT2D eigenvalue weighted by Crippen LogP contribution is -2.49. The highest BCUT2D eigenvalue weighted by molar-refractivity contribution is 5.94. The molecule has 0 bridgehead atoms. The van der Waals surface area contributed by atoms with Crippen molar-refractivity contribution < 1.29 is 4.79 Å². The minimum atomic E-state index is 0.0415. The summed E-state index contributed by atoms with van der Waals surface area (Å²) in [6.45, 7) is 3.19. The summed E-state index contributed by atoms with van der Waals surface area (Å²) in [5.74, 6) is 0.917. The molecule has 1 saturated heterocycles. The summed E-state index contributed by atoms with van der Waals surface area (Å²) in [4.78, 5) is 20.7. The SMILES string of the molecule is CN=C(NCCc1cccc(C(=O)N(C)C)c1)NC1CCN(C2CC2)CC1. The molecule has 1 heterocycles. The Labute approximate surface area is 163 Å². The molecule has 2 N–H and O–H groups in total. The van der Waals surface area contributed by atoms with Crippen LogP contribution in [0.3, 0.4) is 0 Å². The molecule has 1 amide bonds. The largest absolute Gasteiger partial charge is 0.356 e. The van der Waals surface area contributed by atoms with Gasteiger partial charge in [0.15, 0.2) is 5.96 Å². The standard InChI is InChI=1S/C21H33N5O/c1-22-21(24-18-10-13-26(14-11-18)19-7-8-19)23-12-9-16-5-4-6-17(15-16)20(27)25(2)3/h4-6,15,18-19H,7-14H2,1-3H3,(H2,22,23,24). The zero-order valence-electron chi connectivity index (χ0n) is 16.9. The van der Waals surface area contributed by atoms with Gasteiger partial charge in [-0.05, 0) is 49.8 Å². The van der Waals surface area contributed by atoms with E-state index < -0.39 is 0 Å². The number of piperidine rings is 1. The Kier molecular flexibility index (Phi) is 6.72. The van der Waals surface area contributed by atoms with Gasteiger partial charge in [0.05, 0.1) is 0 Å². The number of carbonyl (C=O) groups excluding carboxylic acids is 1. The molecule has 3 rings (SSSR count). The van der Waals surface area contributed by atoms with Crippen molar-refractivity contribution in [1.29, 1.82) is 0 Å². The van der Waals surface area contributed by atoms with Gasteiger partial charge >= 0.3 is 0 Å². The third kappa shape index (κ3) is 5.70. The Morgan fingerprint density at radius 2 is 1.96 bits per heavy atom. The van der Waals surface area contributed by atoms with Gasteiger partial charge in [0.2, 0.25) is 0 Å². The van der Waals surface area contributed by atoms with E-state index in [0.29, 0.717) is 6.04 Å². The lowest BCUT2D eigenvalue weighted by Gasteiger charge is -2.33. The Morgan fingerprint density at radius 3 is 2.59 bits per heavy atom. The molecule has 1 saturated carbocycles. The molecule has 6 nitrogen and oxygen atoms in total. The first-order valence-corrected chi connectivity index (χ1v) is 10.1. The predicted molar refractivity (Wildman–Crippen MR) is 110 cm³/mol. The monoisotopic (exact) mass is 371 g/mol. The van der Waals surface area contributed by atoms with E-state index in [9.17, 15) is 4.79 Å². The van der Waals surface area contributed by atoms with Crippen LogP contribution in [0, 0.1) is 0 Å². The van der Waals surface area contributed by atoms with Crippen molar-refractivity contribution in [2.75, 3.05) is 40.8 Å². The molecule has 1 aliphatic heterocycles. The van der Waals surface area contributed by atoms with Crippen LogP contribution in [0.25, 0.3) is 0 Å². The fourth-order valence-corrected chi connectivity index (χ4v) is 3.68. The average molecular weight is 372 g/mol. The van der Waals surface area contributed by atoms with Crippen LogP contribution in [0.5, 0.6) is 0 Å². The van der Waals surface area contributed by atoms with Gasteiger partial charge in [-0.25, -0.2) is 0 Å². The second-order valence-corrected chi connectivity index (χ2v) is 7.83. The molecule has 0 atom stereocenters. The number of hydrogen-bond donors (Lipinski definition) is 2. The smallest absolute Gasteiger partial charge is 0.253 e. The van der Waals surface area contributed by atoms with E-state index >= 15 is 0 Å². The number of amides is 1. The maximum Gasteiger partial charge on any atom is 0.253 e. The first kappa shape index (κ1) is 19.7. The third-order valence-corrected chi connectivity index (χ3v) is 5.44. The number of rotatable bonds is 6. The van der Waals surface area contributed by atoms with Gasteiger partial charge in [-0.2, -0.15) is 0 Å². The molecule has 2 aliphatic rings. The molecule has 0 radical (unpaired) electrons. The second kappa shape index (κ2) is 9.22. The minimum absolute atomic E-state index is 0.0415. The van der Waals surface area contributed by atoms with Gasteiger partial charge in [-0.3, -0.25) is 9.79 Å². The topological polar surface area (TPSA) is 60.0 Å². The first-order chi connectivity index (χ1) is 13.1. The molecule has 27 heavy (non-hydrogen) atoms. The van der Waals surface area contributed by atoms with Crippen molar-refractivity contribution in [1.82, 2.24) is 20.4 Å². The van der Waals surface area contributed by atoms with Gasteiger partial charge in [0, 0.05) is 58.4 Å². The molecular formula is C21H33N5O. The summed E-state index contributed by atoms with van der Waals surface area (Å²) < 4.78 is 0. The van der Waals surface area contributed by atoms with Crippen molar-refractivity contribution in [2.45, 2.75) is 44.2 Å². The van der Waals surface area contributed by atoms with Crippen LogP contribution >= 0.6 is 0 Å². The number of aliphatic imine (C=N–C) groups is 1. The van der Waals surface area contributed by atoms with Crippen LogP contribution in [0.1, 0.15) is 41.6 Å². The summed E-state index contributed by atoms with van der Waals surface area (Å²) in [5, 5.41) is 6.98. The van der Waals surface area contributed by atoms with Crippen molar-refractivity contribution in [3.8, 4) is 0 Å². The molecule has 6 heteroatoms. The second-order valence-electron chi connectivity index (χ2n) is 7.83. The van der Waals surface area contributed by atoms with Crippen molar-refractivity contribution >= 4 is 11.9 Å². The maximum atomic E-state index is 12.1. The Morgan fingerprint density at radius 1 is 1.22 bits per heavy atom. The molecule has 0 aromatic heterocycles. The Balaban J connectivity index is 1.42. The van der Waals surface area contributed by atoms with Crippen LogP contribution in [-0.4, -0.2) is 74.5 Å². The van der Waals surface area contributed by atoms with Gasteiger partial charge in [0.25, 0.3) is 5.91 Å². The quantitative estimate of drug-likeness (QED) is 0.591. The average Bonchev–Trinajstić information content (AvgIpc) is 3.52. The number of hydrogen-bond acceptors (Lipinski definition) is 3. The number of nitrogens with one attached hydrogen (secondary N) is 2. The summed E-state index contributed by atoms with van der Waals surface area (Å²) in [6.07, 6.45) is 6.01. The summed E-state index contributed by atoms with van der Waals surface area (Å²) in [6, 6.07) is 9.25. The minimum Gasteiger partial charge on any atom is -0.356 e. The highest BCUT2D eigenvalue weighted by Crippen LogP contribution is 2.29. The molecule has 0 spiro atoms. The molecule has 1 aliphatic carbocycles. The van der Waals surface area contributed by atoms with Crippen molar-refractivity contribution in [3.63, 3.8) is 0 Å². The number of benzene rings is 1. The van der Waals surface area contributed by atoms with Gasteiger partial charge in [0.1, 0.15) is 0 Å². The van der Waals surface area contributed by atoms with Gasteiger partial charge < -0.3 is 20.4 Å². The number of likely N-dealkylation sites (tertiary alicyclic amines) is 1. The van der Waals surface area contributed by atoms with E-state index in [4.69, 9.17) is 0 Å². The summed E-state index contributed by atoms with van der Waals surface area (Å²) in [5.41, 5.74) is 1.89. The van der Waals surface area contributed by atoms with E-state index in [0.717, 1.165) is 36.1 Å². The molecule has 1 aromatic rings. The lowest BCUT2D eigenvalue weighted by molar-refractivity contribution is 0.0827. The zero-order chi connectivity index (χ0) is 19.2. The van der Waals surface area contributed by atoms with Crippen LogP contribution in [0.15, 0.2) is 29.3 Å². The van der Waals surface area contributed by atoms with Gasteiger partial charge in [-0.1, -0.05) is 12.1 Å². The van der Waals surface area contributed by atoms with E-state index in [-0.39, 0.29) is 5.91 Å². The lowest BCUT2D eigenvalue weighted by atomic mass is 10.1. The molecule has 148 valence electrons.